The number of rotatable bonds is 7. The fraction of sp³-hybridized carbons (Fsp3) is 0.182. The molecular weight excluding hydrogens is 340 g/mol. The Bertz CT molecular complexity index is 934. The van der Waals surface area contributed by atoms with Crippen molar-refractivity contribution in [2.45, 2.75) is 26.1 Å². The van der Waals surface area contributed by atoms with E-state index in [9.17, 15) is 9.59 Å². The number of ether oxygens (including phenoxy) is 1. The fourth-order valence-electron chi connectivity index (χ4n) is 2.64. The van der Waals surface area contributed by atoms with Gasteiger partial charge in [-0.15, -0.1) is 0 Å². The zero-order chi connectivity index (χ0) is 19.1. The van der Waals surface area contributed by atoms with Crippen LogP contribution in [0.3, 0.4) is 0 Å². The third kappa shape index (κ3) is 5.31. The van der Waals surface area contributed by atoms with Gasteiger partial charge in [0.2, 0.25) is 0 Å². The standard InChI is InChI=1S/C22H22N2O3/c1-17(27-20-7-3-2-4-8-20)22(26)23-15-18-10-12-19(13-11-18)16-24-14-6-5-9-21(24)25/h2-14,17H,15-16H2,1H3,(H,23,26). The summed E-state index contributed by atoms with van der Waals surface area (Å²) in [7, 11) is 0. The molecule has 0 saturated carbocycles. The number of hydrogen-bond donors (Lipinski definition) is 1. The normalized spacial score (nSPS) is 11.6. The van der Waals surface area contributed by atoms with Crippen molar-refractivity contribution in [3.8, 4) is 5.75 Å². The van der Waals surface area contributed by atoms with Crippen LogP contribution < -0.4 is 15.6 Å². The zero-order valence-electron chi connectivity index (χ0n) is 15.2. The topological polar surface area (TPSA) is 60.3 Å². The van der Waals surface area contributed by atoms with Crippen molar-refractivity contribution in [2.24, 2.45) is 0 Å². The van der Waals surface area contributed by atoms with Crippen molar-refractivity contribution in [2.75, 3.05) is 0 Å². The number of aromatic nitrogens is 1. The van der Waals surface area contributed by atoms with Crippen LogP contribution in [0.2, 0.25) is 0 Å². The van der Waals surface area contributed by atoms with E-state index in [2.05, 4.69) is 5.32 Å². The van der Waals surface area contributed by atoms with Gasteiger partial charge in [0.1, 0.15) is 5.75 Å². The average Bonchev–Trinajstić information content (AvgIpc) is 2.69. The van der Waals surface area contributed by atoms with Crippen molar-refractivity contribution in [3.05, 3.63) is 100 Å². The quantitative estimate of drug-likeness (QED) is 0.703. The number of para-hydroxylation sites is 1. The third-order valence-electron chi connectivity index (χ3n) is 4.17. The molecular formula is C22H22N2O3. The first-order valence-electron chi connectivity index (χ1n) is 8.84. The predicted octanol–water partition coefficient (Wildman–Crippen LogP) is 2.98. The Morgan fingerprint density at radius 1 is 0.963 bits per heavy atom. The van der Waals surface area contributed by atoms with Gasteiger partial charge in [0, 0.05) is 18.8 Å². The van der Waals surface area contributed by atoms with E-state index in [1.807, 2.05) is 60.7 Å². The molecule has 1 N–H and O–H groups in total. The molecule has 1 unspecified atom stereocenters. The van der Waals surface area contributed by atoms with E-state index in [1.165, 1.54) is 0 Å². The number of carbonyl (C=O) groups is 1. The van der Waals surface area contributed by atoms with Gasteiger partial charge in [-0.3, -0.25) is 9.59 Å². The summed E-state index contributed by atoms with van der Waals surface area (Å²) in [4.78, 5) is 24.0. The summed E-state index contributed by atoms with van der Waals surface area (Å²) < 4.78 is 7.27. The van der Waals surface area contributed by atoms with Gasteiger partial charge in [-0.05, 0) is 36.2 Å². The van der Waals surface area contributed by atoms with E-state index in [0.29, 0.717) is 18.8 Å². The number of benzene rings is 2. The van der Waals surface area contributed by atoms with Crippen LogP contribution in [0.1, 0.15) is 18.1 Å². The second-order valence-corrected chi connectivity index (χ2v) is 6.27. The van der Waals surface area contributed by atoms with E-state index in [1.54, 1.807) is 29.8 Å². The van der Waals surface area contributed by atoms with Crippen LogP contribution in [-0.4, -0.2) is 16.6 Å². The Labute approximate surface area is 158 Å². The lowest BCUT2D eigenvalue weighted by Crippen LogP contribution is -2.35. The summed E-state index contributed by atoms with van der Waals surface area (Å²) in [6.45, 7) is 2.67. The molecule has 0 saturated heterocycles. The maximum atomic E-state index is 12.2. The predicted molar refractivity (Wildman–Crippen MR) is 105 cm³/mol. The minimum Gasteiger partial charge on any atom is -0.481 e. The molecule has 1 atom stereocenters. The Kier molecular flexibility index (Phi) is 6.05. The van der Waals surface area contributed by atoms with Crippen LogP contribution in [0.15, 0.2) is 83.8 Å². The van der Waals surface area contributed by atoms with Crippen LogP contribution in [0.4, 0.5) is 0 Å². The summed E-state index contributed by atoms with van der Waals surface area (Å²) in [6, 6.07) is 22.2. The Hall–Kier alpha value is -3.34. The summed E-state index contributed by atoms with van der Waals surface area (Å²) in [5, 5.41) is 2.88. The summed E-state index contributed by atoms with van der Waals surface area (Å²) in [5.41, 5.74) is 1.99. The fourth-order valence-corrected chi connectivity index (χ4v) is 2.64. The molecule has 5 heteroatoms. The molecule has 0 radical (unpaired) electrons. The highest BCUT2D eigenvalue weighted by Crippen LogP contribution is 2.11. The molecule has 3 aromatic rings. The third-order valence-corrected chi connectivity index (χ3v) is 4.17. The van der Waals surface area contributed by atoms with Crippen LogP contribution in [-0.2, 0) is 17.9 Å². The Morgan fingerprint density at radius 2 is 1.63 bits per heavy atom. The van der Waals surface area contributed by atoms with Crippen molar-refractivity contribution < 1.29 is 9.53 Å². The molecule has 0 spiro atoms. The van der Waals surface area contributed by atoms with Crippen molar-refractivity contribution in [3.63, 3.8) is 0 Å². The van der Waals surface area contributed by atoms with E-state index in [-0.39, 0.29) is 11.5 Å². The summed E-state index contributed by atoms with van der Waals surface area (Å²) in [5.74, 6) is 0.499. The highest BCUT2D eigenvalue weighted by molar-refractivity contribution is 5.80. The molecule has 1 amide bonds. The first kappa shape index (κ1) is 18.5. The van der Waals surface area contributed by atoms with Gasteiger partial charge in [0.05, 0.1) is 6.54 Å². The van der Waals surface area contributed by atoms with Crippen LogP contribution in [0, 0.1) is 0 Å². The number of nitrogens with zero attached hydrogens (tertiary/aromatic N) is 1. The lowest BCUT2D eigenvalue weighted by molar-refractivity contribution is -0.127. The van der Waals surface area contributed by atoms with Gasteiger partial charge in [-0.2, -0.15) is 0 Å². The lowest BCUT2D eigenvalue weighted by Gasteiger charge is -2.15. The Balaban J connectivity index is 1.51. The van der Waals surface area contributed by atoms with E-state index >= 15 is 0 Å². The van der Waals surface area contributed by atoms with Gasteiger partial charge < -0.3 is 14.6 Å². The maximum Gasteiger partial charge on any atom is 0.261 e. The average molecular weight is 362 g/mol. The van der Waals surface area contributed by atoms with Gasteiger partial charge in [0.25, 0.3) is 11.5 Å². The molecule has 0 aliphatic rings. The largest absolute Gasteiger partial charge is 0.481 e. The molecule has 0 aliphatic heterocycles. The lowest BCUT2D eigenvalue weighted by atomic mass is 10.1. The minimum absolute atomic E-state index is 0.0266. The number of amides is 1. The molecule has 0 bridgehead atoms. The number of nitrogens with one attached hydrogen (secondary N) is 1. The van der Waals surface area contributed by atoms with Crippen molar-refractivity contribution in [1.29, 1.82) is 0 Å². The molecule has 27 heavy (non-hydrogen) atoms. The molecule has 1 heterocycles. The summed E-state index contributed by atoms with van der Waals surface area (Å²) >= 11 is 0. The van der Waals surface area contributed by atoms with E-state index in [4.69, 9.17) is 4.74 Å². The number of carbonyl (C=O) groups excluding carboxylic acids is 1. The monoisotopic (exact) mass is 362 g/mol. The van der Waals surface area contributed by atoms with Gasteiger partial charge in [0.15, 0.2) is 6.10 Å². The van der Waals surface area contributed by atoms with Gasteiger partial charge in [-0.25, -0.2) is 0 Å². The highest BCUT2D eigenvalue weighted by Gasteiger charge is 2.14. The first-order chi connectivity index (χ1) is 13.1. The molecule has 0 aliphatic carbocycles. The minimum atomic E-state index is -0.573. The molecule has 0 fully saturated rings. The van der Waals surface area contributed by atoms with Gasteiger partial charge in [-0.1, -0.05) is 48.5 Å². The molecule has 1 aromatic heterocycles. The second-order valence-electron chi connectivity index (χ2n) is 6.27. The van der Waals surface area contributed by atoms with Crippen LogP contribution >= 0.6 is 0 Å². The second kappa shape index (κ2) is 8.85. The van der Waals surface area contributed by atoms with Crippen LogP contribution in [0.5, 0.6) is 5.75 Å². The first-order valence-corrected chi connectivity index (χ1v) is 8.84. The molecule has 2 aromatic carbocycles. The number of pyridine rings is 1. The molecule has 5 nitrogen and oxygen atoms in total. The van der Waals surface area contributed by atoms with E-state index in [0.717, 1.165) is 11.1 Å². The highest BCUT2D eigenvalue weighted by atomic mass is 16.5. The maximum absolute atomic E-state index is 12.2. The molecule has 138 valence electrons. The molecule has 3 rings (SSSR count). The zero-order valence-corrected chi connectivity index (χ0v) is 15.2. The smallest absolute Gasteiger partial charge is 0.261 e. The summed E-state index contributed by atoms with van der Waals surface area (Å²) in [6.07, 6.45) is 1.20. The van der Waals surface area contributed by atoms with Crippen molar-refractivity contribution in [1.82, 2.24) is 9.88 Å². The van der Waals surface area contributed by atoms with Crippen molar-refractivity contribution >= 4 is 5.91 Å². The number of hydrogen-bond acceptors (Lipinski definition) is 3. The van der Waals surface area contributed by atoms with Gasteiger partial charge >= 0.3 is 0 Å². The van der Waals surface area contributed by atoms with Crippen LogP contribution in [0.25, 0.3) is 0 Å². The van der Waals surface area contributed by atoms with E-state index < -0.39 is 6.10 Å². The SMILES string of the molecule is CC(Oc1ccccc1)C(=O)NCc1ccc(Cn2ccccc2=O)cc1. The Morgan fingerprint density at radius 3 is 2.33 bits per heavy atom.